The van der Waals surface area contributed by atoms with Crippen LogP contribution < -0.4 is 20.7 Å². The lowest BCUT2D eigenvalue weighted by atomic mass is 10.0. The molecule has 5 aromatic carbocycles. The molecule has 0 spiro atoms. The van der Waals surface area contributed by atoms with Gasteiger partial charge in [-0.25, -0.2) is 4.39 Å². The van der Waals surface area contributed by atoms with Crippen molar-refractivity contribution in [2.45, 2.75) is 19.4 Å². The third-order valence-corrected chi connectivity index (χ3v) is 7.21. The molecular formula is C37H34FN3O3. The number of anilines is 1. The molecule has 0 aromatic heterocycles. The van der Waals surface area contributed by atoms with Crippen molar-refractivity contribution in [3.63, 3.8) is 0 Å². The standard InChI is InChI=1S/C37H34FN3O3/c38-33-16-5-4-15-32(33)36(42)40-23-8-9-24-41(37(43)30-21-19-29(20-22-30)28-12-2-1-3-13-28)34-17-6-7-18-35(34)44-31-14-10-11-27(25-31)26-39/h1-7,10-22,25H,8-9,23-24,26,39H2,(H,40,42). The number of para-hydroxylation sites is 2. The normalized spacial score (nSPS) is 10.7. The van der Waals surface area contributed by atoms with Gasteiger partial charge < -0.3 is 20.7 Å². The van der Waals surface area contributed by atoms with Crippen molar-refractivity contribution in [2.75, 3.05) is 18.0 Å². The summed E-state index contributed by atoms with van der Waals surface area (Å²) in [5.41, 5.74) is 10.0. The summed E-state index contributed by atoms with van der Waals surface area (Å²) in [6, 6.07) is 38.4. The summed E-state index contributed by atoms with van der Waals surface area (Å²) >= 11 is 0. The van der Waals surface area contributed by atoms with Crippen LogP contribution in [0.15, 0.2) is 127 Å². The molecule has 0 saturated carbocycles. The first-order chi connectivity index (χ1) is 21.5. The van der Waals surface area contributed by atoms with Crippen LogP contribution in [-0.2, 0) is 6.54 Å². The first-order valence-electron chi connectivity index (χ1n) is 14.6. The number of carbonyl (C=O) groups excluding carboxylic acids is 2. The minimum atomic E-state index is -0.561. The van der Waals surface area contributed by atoms with Crippen molar-refractivity contribution in [1.82, 2.24) is 5.32 Å². The largest absolute Gasteiger partial charge is 0.455 e. The summed E-state index contributed by atoms with van der Waals surface area (Å²) in [6.45, 7) is 1.10. The molecule has 0 aliphatic rings. The van der Waals surface area contributed by atoms with Crippen molar-refractivity contribution >= 4 is 17.5 Å². The second kappa shape index (κ2) is 14.8. The zero-order chi connectivity index (χ0) is 30.7. The second-order valence-electron chi connectivity index (χ2n) is 10.3. The van der Waals surface area contributed by atoms with E-state index in [1.807, 2.05) is 103 Å². The SMILES string of the molecule is NCc1cccc(Oc2ccccc2N(CCCCNC(=O)c2ccccc2F)C(=O)c2ccc(-c3ccccc3)cc2)c1. The Bertz CT molecular complexity index is 1710. The number of ether oxygens (including phenoxy) is 1. The lowest BCUT2D eigenvalue weighted by Crippen LogP contribution is -2.33. The van der Waals surface area contributed by atoms with Crippen LogP contribution in [0.2, 0.25) is 0 Å². The van der Waals surface area contributed by atoms with Crippen LogP contribution in [0.1, 0.15) is 39.1 Å². The van der Waals surface area contributed by atoms with E-state index in [1.165, 1.54) is 12.1 Å². The number of hydrogen-bond donors (Lipinski definition) is 2. The first-order valence-corrected chi connectivity index (χ1v) is 14.6. The van der Waals surface area contributed by atoms with Gasteiger partial charge in [-0.1, -0.05) is 78.9 Å². The fraction of sp³-hybridized carbons (Fsp3) is 0.135. The Balaban J connectivity index is 1.35. The number of benzene rings is 5. The van der Waals surface area contributed by atoms with Crippen LogP contribution in [0.25, 0.3) is 11.1 Å². The molecule has 222 valence electrons. The summed E-state index contributed by atoms with van der Waals surface area (Å²) in [4.78, 5) is 28.2. The lowest BCUT2D eigenvalue weighted by Gasteiger charge is -2.25. The smallest absolute Gasteiger partial charge is 0.258 e. The Morgan fingerprint density at radius 2 is 1.45 bits per heavy atom. The highest BCUT2D eigenvalue weighted by atomic mass is 19.1. The molecule has 5 aromatic rings. The molecule has 0 aliphatic heterocycles. The number of rotatable bonds is 12. The number of nitrogens with one attached hydrogen (secondary N) is 1. The summed E-state index contributed by atoms with van der Waals surface area (Å²) in [5.74, 6) is -0.0481. The quantitative estimate of drug-likeness (QED) is 0.147. The van der Waals surface area contributed by atoms with Gasteiger partial charge >= 0.3 is 0 Å². The number of halogens is 1. The van der Waals surface area contributed by atoms with Gasteiger partial charge in [-0.05, 0) is 78.1 Å². The van der Waals surface area contributed by atoms with Crippen LogP contribution in [-0.4, -0.2) is 24.9 Å². The van der Waals surface area contributed by atoms with Gasteiger partial charge in [0.2, 0.25) is 0 Å². The predicted molar refractivity (Wildman–Crippen MR) is 172 cm³/mol. The van der Waals surface area contributed by atoms with E-state index < -0.39 is 11.7 Å². The molecule has 0 bridgehead atoms. The number of hydrogen-bond acceptors (Lipinski definition) is 4. The highest BCUT2D eigenvalue weighted by Gasteiger charge is 2.21. The predicted octanol–water partition coefficient (Wildman–Crippen LogP) is 7.60. The Morgan fingerprint density at radius 1 is 0.750 bits per heavy atom. The van der Waals surface area contributed by atoms with E-state index in [4.69, 9.17) is 10.5 Å². The van der Waals surface area contributed by atoms with Crippen molar-refractivity contribution in [2.24, 2.45) is 5.73 Å². The maximum Gasteiger partial charge on any atom is 0.258 e. The maximum absolute atomic E-state index is 14.0. The lowest BCUT2D eigenvalue weighted by molar-refractivity contribution is 0.0945. The number of nitrogens with zero attached hydrogens (tertiary/aromatic N) is 1. The van der Waals surface area contributed by atoms with Crippen LogP contribution in [0.3, 0.4) is 0 Å². The molecule has 2 amide bonds. The highest BCUT2D eigenvalue weighted by molar-refractivity contribution is 6.07. The fourth-order valence-electron chi connectivity index (χ4n) is 4.89. The zero-order valence-corrected chi connectivity index (χ0v) is 24.3. The first kappa shape index (κ1) is 30.2. The van der Waals surface area contributed by atoms with Gasteiger partial charge in [0.15, 0.2) is 5.75 Å². The van der Waals surface area contributed by atoms with Crippen molar-refractivity contribution < 1.29 is 18.7 Å². The van der Waals surface area contributed by atoms with Gasteiger partial charge in [-0.3, -0.25) is 9.59 Å². The van der Waals surface area contributed by atoms with E-state index in [1.54, 1.807) is 17.0 Å². The minimum Gasteiger partial charge on any atom is -0.455 e. The van der Waals surface area contributed by atoms with Crippen LogP contribution in [0.4, 0.5) is 10.1 Å². The van der Waals surface area contributed by atoms with E-state index in [2.05, 4.69) is 5.32 Å². The Labute approximate surface area is 256 Å². The highest BCUT2D eigenvalue weighted by Crippen LogP contribution is 2.34. The molecule has 3 N–H and O–H groups in total. The Morgan fingerprint density at radius 3 is 2.23 bits per heavy atom. The van der Waals surface area contributed by atoms with Crippen LogP contribution >= 0.6 is 0 Å². The van der Waals surface area contributed by atoms with Gasteiger partial charge in [0.25, 0.3) is 11.8 Å². The van der Waals surface area contributed by atoms with Crippen LogP contribution in [0.5, 0.6) is 11.5 Å². The molecule has 0 aliphatic carbocycles. The Kier molecular flexibility index (Phi) is 10.1. The summed E-state index contributed by atoms with van der Waals surface area (Å²) < 4.78 is 20.3. The van der Waals surface area contributed by atoms with Gasteiger partial charge in [0.1, 0.15) is 11.6 Å². The van der Waals surface area contributed by atoms with E-state index in [0.717, 1.165) is 16.7 Å². The molecule has 6 nitrogen and oxygen atoms in total. The average molecular weight is 588 g/mol. The number of nitrogens with two attached hydrogens (primary N) is 1. The van der Waals surface area contributed by atoms with Crippen molar-refractivity contribution in [3.8, 4) is 22.6 Å². The number of carbonyl (C=O) groups is 2. The topological polar surface area (TPSA) is 84.7 Å². The Hall–Kier alpha value is -5.27. The monoisotopic (exact) mass is 587 g/mol. The molecule has 0 atom stereocenters. The average Bonchev–Trinajstić information content (AvgIpc) is 3.07. The minimum absolute atomic E-state index is 0.00744. The summed E-state index contributed by atoms with van der Waals surface area (Å²) in [6.07, 6.45) is 1.17. The third kappa shape index (κ3) is 7.56. The summed E-state index contributed by atoms with van der Waals surface area (Å²) in [5, 5.41) is 2.77. The fourth-order valence-corrected chi connectivity index (χ4v) is 4.89. The number of unbranched alkanes of at least 4 members (excludes halogenated alkanes) is 1. The molecule has 0 unspecified atom stereocenters. The van der Waals surface area contributed by atoms with Crippen molar-refractivity contribution in [3.05, 3.63) is 150 Å². The molecule has 44 heavy (non-hydrogen) atoms. The third-order valence-electron chi connectivity index (χ3n) is 7.21. The molecule has 0 radical (unpaired) electrons. The van der Waals surface area contributed by atoms with Gasteiger partial charge in [0, 0.05) is 25.2 Å². The van der Waals surface area contributed by atoms with E-state index in [0.29, 0.717) is 55.2 Å². The molecule has 0 fully saturated rings. The molecular weight excluding hydrogens is 553 g/mol. The maximum atomic E-state index is 14.0. The van der Waals surface area contributed by atoms with E-state index in [-0.39, 0.29) is 11.5 Å². The zero-order valence-electron chi connectivity index (χ0n) is 24.3. The summed E-state index contributed by atoms with van der Waals surface area (Å²) in [7, 11) is 0. The molecule has 5 rings (SSSR count). The van der Waals surface area contributed by atoms with E-state index >= 15 is 0 Å². The van der Waals surface area contributed by atoms with Gasteiger partial charge in [-0.2, -0.15) is 0 Å². The second-order valence-corrected chi connectivity index (χ2v) is 10.3. The molecule has 0 saturated heterocycles. The van der Waals surface area contributed by atoms with E-state index in [9.17, 15) is 14.0 Å². The van der Waals surface area contributed by atoms with Gasteiger partial charge in [-0.15, -0.1) is 0 Å². The molecule has 0 heterocycles. The van der Waals surface area contributed by atoms with Crippen LogP contribution in [0, 0.1) is 5.82 Å². The van der Waals surface area contributed by atoms with Gasteiger partial charge in [0.05, 0.1) is 11.3 Å². The van der Waals surface area contributed by atoms with Crippen molar-refractivity contribution in [1.29, 1.82) is 0 Å². The molecule has 7 heteroatoms. The number of amides is 2.